The van der Waals surface area contributed by atoms with Crippen LogP contribution in [-0.4, -0.2) is 20.3 Å². The van der Waals surface area contributed by atoms with Crippen molar-refractivity contribution in [1.29, 1.82) is 0 Å². The van der Waals surface area contributed by atoms with E-state index in [1.165, 1.54) is 0 Å². The van der Waals surface area contributed by atoms with Crippen molar-refractivity contribution in [3.8, 4) is 0 Å². The van der Waals surface area contributed by atoms with Crippen LogP contribution in [0, 0.1) is 0 Å². The minimum atomic E-state index is -2.59. The second-order valence-electron chi connectivity index (χ2n) is 5.45. The average Bonchev–Trinajstić information content (AvgIpc) is 2.50. The molecule has 0 aliphatic carbocycles. The summed E-state index contributed by atoms with van der Waals surface area (Å²) in [4.78, 5) is 12.3. The van der Waals surface area contributed by atoms with Gasteiger partial charge in [-0.05, 0) is 48.3 Å². The summed E-state index contributed by atoms with van der Waals surface area (Å²) in [6.45, 7) is 6.32. The first-order valence-corrected chi connectivity index (χ1v) is 15.4. The van der Waals surface area contributed by atoms with Gasteiger partial charge in [0.15, 0.2) is 0 Å². The number of hydrogen-bond donors (Lipinski definition) is 0. The van der Waals surface area contributed by atoms with Crippen molar-refractivity contribution in [2.24, 2.45) is 0 Å². The minimum absolute atomic E-state index is 0.209. The van der Waals surface area contributed by atoms with Crippen molar-refractivity contribution in [3.05, 3.63) is 35.4 Å². The van der Waals surface area contributed by atoms with E-state index in [1.54, 1.807) is 12.1 Å². The van der Waals surface area contributed by atoms with Gasteiger partial charge in [-0.3, -0.25) is 0 Å². The van der Waals surface area contributed by atoms with Gasteiger partial charge in [-0.1, -0.05) is 32.9 Å². The van der Waals surface area contributed by atoms with Crippen molar-refractivity contribution in [2.75, 3.05) is 0 Å². The zero-order chi connectivity index (χ0) is 16.8. The summed E-state index contributed by atoms with van der Waals surface area (Å²) in [5, 5.41) is 0. The molecule has 0 aliphatic rings. The molecule has 0 saturated carbocycles. The number of carbonyl (C=O) groups excluding carboxylic acids is 1. The van der Waals surface area contributed by atoms with E-state index >= 15 is 0 Å². The first-order chi connectivity index (χ1) is 10.2. The lowest BCUT2D eigenvalue weighted by atomic mass is 10.1. The van der Waals surface area contributed by atoms with E-state index in [1.807, 2.05) is 12.1 Å². The van der Waals surface area contributed by atoms with Gasteiger partial charge in [-0.15, -0.1) is 33.2 Å². The third-order valence-electron chi connectivity index (χ3n) is 4.13. The summed E-state index contributed by atoms with van der Waals surface area (Å²) in [7, 11) is -1.91. The van der Waals surface area contributed by atoms with Gasteiger partial charge in [0, 0.05) is 0 Å². The predicted molar refractivity (Wildman–Crippen MR) is 101 cm³/mol. The highest BCUT2D eigenvalue weighted by atomic mass is 35.8. The van der Waals surface area contributed by atoms with Gasteiger partial charge in [0.05, 0.1) is 5.56 Å². The fourth-order valence-electron chi connectivity index (χ4n) is 2.32. The molecule has 0 heterocycles. The van der Waals surface area contributed by atoms with Gasteiger partial charge in [0.1, 0.15) is 0 Å². The van der Waals surface area contributed by atoms with Crippen LogP contribution in [0.4, 0.5) is 0 Å². The molecule has 0 aromatic heterocycles. The standard InChI is InChI=1S/C15H23Cl3O2Si2/c1-4-21(5-2,6-3)20-15(19)14-9-7-13(8-10-14)11-12-22(16,17)18/h7-10H,4-6,11-12H2,1-3H3. The number of hydrogen-bond acceptors (Lipinski definition) is 2. The first kappa shape index (κ1) is 20.0. The minimum Gasteiger partial charge on any atom is -0.516 e. The fraction of sp³-hybridized carbons (Fsp3) is 0.533. The quantitative estimate of drug-likeness (QED) is 0.394. The van der Waals surface area contributed by atoms with Gasteiger partial charge in [-0.25, -0.2) is 4.79 Å². The van der Waals surface area contributed by atoms with Crippen LogP contribution < -0.4 is 0 Å². The second-order valence-corrected chi connectivity index (χ2v) is 19.4. The van der Waals surface area contributed by atoms with Crippen LogP contribution in [0.2, 0.25) is 24.2 Å². The summed E-state index contributed by atoms with van der Waals surface area (Å²) in [6, 6.07) is 8.29. The van der Waals surface area contributed by atoms with Crippen LogP contribution >= 0.6 is 33.2 Å². The van der Waals surface area contributed by atoms with Crippen LogP contribution in [0.1, 0.15) is 36.7 Å². The summed E-state index contributed by atoms with van der Waals surface area (Å²) in [5.41, 5.74) is 1.67. The number of rotatable bonds is 8. The van der Waals surface area contributed by atoms with Crippen molar-refractivity contribution < 1.29 is 9.22 Å². The molecule has 7 heteroatoms. The third kappa shape index (κ3) is 6.24. The predicted octanol–water partition coefficient (Wildman–Crippen LogP) is 6.05. The van der Waals surface area contributed by atoms with E-state index in [0.717, 1.165) is 30.1 Å². The lowest BCUT2D eigenvalue weighted by molar-refractivity contribution is 0.0717. The molecule has 0 aliphatic heterocycles. The Balaban J connectivity index is 2.72. The van der Waals surface area contributed by atoms with Gasteiger partial charge < -0.3 is 4.43 Å². The molecule has 0 atom stereocenters. The molecule has 0 bridgehead atoms. The molecule has 0 spiro atoms. The Bertz CT molecular complexity index is 474. The lowest BCUT2D eigenvalue weighted by Crippen LogP contribution is -2.38. The third-order valence-corrected chi connectivity index (χ3v) is 11.1. The Morgan fingerprint density at radius 1 is 1.00 bits per heavy atom. The zero-order valence-electron chi connectivity index (χ0n) is 13.3. The van der Waals surface area contributed by atoms with Gasteiger partial charge >= 0.3 is 12.0 Å². The highest BCUT2D eigenvalue weighted by Gasteiger charge is 2.33. The van der Waals surface area contributed by atoms with E-state index in [4.69, 9.17) is 37.7 Å². The van der Waals surface area contributed by atoms with Crippen molar-refractivity contribution >= 4 is 53.5 Å². The van der Waals surface area contributed by atoms with Crippen LogP contribution in [0.5, 0.6) is 0 Å². The fourth-order valence-corrected chi connectivity index (χ4v) is 6.18. The highest BCUT2D eigenvalue weighted by Crippen LogP contribution is 2.27. The molecule has 1 aromatic carbocycles. The molecule has 0 N–H and O–H groups in total. The molecule has 1 aromatic rings. The van der Waals surface area contributed by atoms with Crippen LogP contribution in [-0.2, 0) is 10.8 Å². The monoisotopic (exact) mass is 396 g/mol. The molecule has 0 radical (unpaired) electrons. The van der Waals surface area contributed by atoms with Crippen molar-refractivity contribution in [2.45, 2.75) is 51.4 Å². The Morgan fingerprint density at radius 3 is 1.91 bits per heavy atom. The molecule has 124 valence electrons. The number of halogens is 3. The highest BCUT2D eigenvalue weighted by molar-refractivity contribution is 7.64. The Hall–Kier alpha value is -0.00623. The van der Waals surface area contributed by atoms with Crippen LogP contribution in [0.3, 0.4) is 0 Å². The largest absolute Gasteiger partial charge is 0.516 e. The van der Waals surface area contributed by atoms with E-state index < -0.39 is 14.3 Å². The maximum atomic E-state index is 12.3. The average molecular weight is 398 g/mol. The summed E-state index contributed by atoms with van der Waals surface area (Å²) >= 11 is 17.7. The number of benzene rings is 1. The van der Waals surface area contributed by atoms with E-state index in [2.05, 4.69) is 20.8 Å². The Morgan fingerprint density at radius 2 is 1.50 bits per heavy atom. The molecular formula is C15H23Cl3O2Si2. The summed E-state index contributed by atoms with van der Waals surface area (Å²) in [6.07, 6.45) is 0.718. The first-order valence-electron chi connectivity index (χ1n) is 7.64. The lowest BCUT2D eigenvalue weighted by Gasteiger charge is -2.27. The topological polar surface area (TPSA) is 26.3 Å². The summed E-state index contributed by atoms with van der Waals surface area (Å²) < 4.78 is 5.87. The molecule has 2 nitrogen and oxygen atoms in total. The summed E-state index contributed by atoms with van der Waals surface area (Å²) in [5.74, 6) is -0.209. The molecule has 0 amide bonds. The maximum Gasteiger partial charge on any atom is 0.341 e. The van der Waals surface area contributed by atoms with Crippen molar-refractivity contribution in [1.82, 2.24) is 0 Å². The molecule has 1 rings (SSSR count). The zero-order valence-corrected chi connectivity index (χ0v) is 17.6. The SMILES string of the molecule is CC[Si](CC)(CC)OC(=O)c1ccc(CC[Si](Cl)(Cl)Cl)cc1. The van der Waals surface area contributed by atoms with Gasteiger partial charge in [0.25, 0.3) is 8.32 Å². The Labute approximate surface area is 149 Å². The number of carbonyl (C=O) groups is 1. The van der Waals surface area contributed by atoms with E-state index in [0.29, 0.717) is 11.6 Å². The molecule has 0 saturated heterocycles. The second kappa shape index (κ2) is 8.74. The Kier molecular flexibility index (Phi) is 7.96. The van der Waals surface area contributed by atoms with E-state index in [9.17, 15) is 4.79 Å². The number of aryl methyl sites for hydroxylation is 1. The molecule has 22 heavy (non-hydrogen) atoms. The smallest absolute Gasteiger partial charge is 0.341 e. The molecule has 0 fully saturated rings. The molecular weight excluding hydrogens is 375 g/mol. The van der Waals surface area contributed by atoms with E-state index in [-0.39, 0.29) is 5.97 Å². The van der Waals surface area contributed by atoms with Gasteiger partial charge in [0.2, 0.25) is 0 Å². The normalized spacial score (nSPS) is 12.3. The van der Waals surface area contributed by atoms with Crippen molar-refractivity contribution in [3.63, 3.8) is 0 Å². The molecule has 0 unspecified atom stereocenters. The van der Waals surface area contributed by atoms with Gasteiger partial charge in [-0.2, -0.15) is 0 Å². The maximum absolute atomic E-state index is 12.3. The van der Waals surface area contributed by atoms with Crippen LogP contribution in [0.25, 0.3) is 0 Å². The van der Waals surface area contributed by atoms with Crippen LogP contribution in [0.15, 0.2) is 24.3 Å².